The molecule has 7 heteroatoms. The van der Waals surface area contributed by atoms with Crippen LogP contribution in [0.3, 0.4) is 0 Å². The highest BCUT2D eigenvalue weighted by atomic mass is 16.4. The second-order valence-electron chi connectivity index (χ2n) is 5.48. The van der Waals surface area contributed by atoms with E-state index in [2.05, 4.69) is 9.97 Å². The van der Waals surface area contributed by atoms with Gasteiger partial charge in [0.15, 0.2) is 11.6 Å². The highest BCUT2D eigenvalue weighted by Crippen LogP contribution is 2.08. The van der Waals surface area contributed by atoms with E-state index in [1.54, 1.807) is 0 Å². The van der Waals surface area contributed by atoms with Crippen LogP contribution in [0.5, 0.6) is 0 Å². The Labute approximate surface area is 133 Å². The number of carboxylic acids is 1. The van der Waals surface area contributed by atoms with Crippen molar-refractivity contribution in [3.05, 3.63) is 53.6 Å². The van der Waals surface area contributed by atoms with E-state index in [-0.39, 0.29) is 30.5 Å². The second-order valence-corrected chi connectivity index (χ2v) is 5.48. The van der Waals surface area contributed by atoms with Crippen molar-refractivity contribution in [3.63, 3.8) is 0 Å². The van der Waals surface area contributed by atoms with Crippen LogP contribution in [0.2, 0.25) is 0 Å². The summed E-state index contributed by atoms with van der Waals surface area (Å²) in [6, 6.07) is 8.36. The number of aromatic nitrogens is 2. The molecule has 0 amide bonds. The van der Waals surface area contributed by atoms with E-state index in [0.717, 1.165) is 5.56 Å². The monoisotopic (exact) mass is 316 g/mol. The highest BCUT2D eigenvalue weighted by Gasteiger charge is 2.18. The fraction of sp³-hybridized carbons (Fsp3) is 0.312. The molecule has 0 aliphatic heterocycles. The topological polar surface area (TPSA) is 135 Å². The third-order valence-corrected chi connectivity index (χ3v) is 3.44. The number of imidazole rings is 1. The molecule has 7 nitrogen and oxygen atoms in total. The number of carbonyl (C=O) groups excluding carboxylic acids is 1. The minimum atomic E-state index is -1.10. The molecule has 2 rings (SSSR count). The number of aromatic amines is 1. The van der Waals surface area contributed by atoms with Crippen molar-refractivity contribution < 1.29 is 14.7 Å². The Bertz CT molecular complexity index is 669. The van der Waals surface area contributed by atoms with E-state index in [4.69, 9.17) is 16.6 Å². The number of hydrogen-bond acceptors (Lipinski definition) is 5. The van der Waals surface area contributed by atoms with E-state index < -0.39 is 12.0 Å². The molecular formula is C16H20N4O3. The van der Waals surface area contributed by atoms with E-state index in [1.165, 1.54) is 6.20 Å². The molecule has 0 radical (unpaired) electrons. The van der Waals surface area contributed by atoms with Gasteiger partial charge in [-0.1, -0.05) is 30.3 Å². The zero-order chi connectivity index (χ0) is 16.8. The van der Waals surface area contributed by atoms with Crippen molar-refractivity contribution in [1.29, 1.82) is 0 Å². The molecule has 1 heterocycles. The maximum absolute atomic E-state index is 12.2. The van der Waals surface area contributed by atoms with Crippen LogP contribution in [0, 0.1) is 0 Å². The van der Waals surface area contributed by atoms with Gasteiger partial charge in [0, 0.05) is 30.8 Å². The van der Waals surface area contributed by atoms with Gasteiger partial charge in [0.25, 0.3) is 0 Å². The third kappa shape index (κ3) is 5.01. The van der Waals surface area contributed by atoms with E-state index in [9.17, 15) is 9.59 Å². The number of carboxylic acid groups (broad SMARTS) is 1. The number of ketones is 1. The van der Waals surface area contributed by atoms with Crippen molar-refractivity contribution in [2.24, 2.45) is 11.5 Å². The maximum Gasteiger partial charge on any atom is 0.320 e. The Morgan fingerprint density at radius 2 is 1.87 bits per heavy atom. The Morgan fingerprint density at radius 1 is 1.17 bits per heavy atom. The van der Waals surface area contributed by atoms with Crippen LogP contribution in [0.1, 0.15) is 28.3 Å². The van der Waals surface area contributed by atoms with Gasteiger partial charge in [-0.25, -0.2) is 4.98 Å². The van der Waals surface area contributed by atoms with Gasteiger partial charge in [0.1, 0.15) is 6.04 Å². The Hall–Kier alpha value is -2.51. The third-order valence-electron chi connectivity index (χ3n) is 3.44. The zero-order valence-electron chi connectivity index (χ0n) is 12.6. The lowest BCUT2D eigenvalue weighted by Crippen LogP contribution is -2.32. The van der Waals surface area contributed by atoms with Gasteiger partial charge >= 0.3 is 5.97 Å². The smallest absolute Gasteiger partial charge is 0.320 e. The summed E-state index contributed by atoms with van der Waals surface area (Å²) in [6.45, 7) is 0. The fourth-order valence-corrected chi connectivity index (χ4v) is 2.25. The number of nitrogens with one attached hydrogen (secondary N) is 1. The van der Waals surface area contributed by atoms with Crippen LogP contribution in [0.4, 0.5) is 0 Å². The van der Waals surface area contributed by atoms with Crippen molar-refractivity contribution in [2.45, 2.75) is 31.3 Å². The maximum atomic E-state index is 12.2. The minimum Gasteiger partial charge on any atom is -0.480 e. The average molecular weight is 316 g/mol. The van der Waals surface area contributed by atoms with Gasteiger partial charge < -0.3 is 21.6 Å². The first-order valence-corrected chi connectivity index (χ1v) is 7.30. The molecule has 0 aliphatic rings. The Kier molecular flexibility index (Phi) is 5.61. The fourth-order valence-electron chi connectivity index (χ4n) is 2.25. The first-order chi connectivity index (χ1) is 11.0. The molecule has 2 atom stereocenters. The average Bonchev–Trinajstić information content (AvgIpc) is 2.96. The summed E-state index contributed by atoms with van der Waals surface area (Å²) in [6.07, 6.45) is 2.28. The number of benzene rings is 1. The predicted octanol–water partition coefficient (Wildman–Crippen LogP) is 0.507. The van der Waals surface area contributed by atoms with Crippen molar-refractivity contribution in [1.82, 2.24) is 9.97 Å². The van der Waals surface area contributed by atoms with Gasteiger partial charge in [-0.2, -0.15) is 0 Å². The number of Topliss-reactive ketones (excluding diaryl/α,β-unsaturated/α-hetero) is 1. The summed E-state index contributed by atoms with van der Waals surface area (Å²) in [5.41, 5.74) is 13.0. The predicted molar refractivity (Wildman–Crippen MR) is 85.0 cm³/mol. The van der Waals surface area contributed by atoms with Crippen molar-refractivity contribution in [3.8, 4) is 0 Å². The van der Waals surface area contributed by atoms with Gasteiger partial charge in [-0.3, -0.25) is 9.59 Å². The number of hydrogen-bond donors (Lipinski definition) is 4. The van der Waals surface area contributed by atoms with Crippen LogP contribution in [-0.2, 0) is 17.6 Å². The van der Waals surface area contributed by atoms with Gasteiger partial charge in [0.05, 0.1) is 0 Å². The summed E-state index contributed by atoms with van der Waals surface area (Å²) < 4.78 is 0. The van der Waals surface area contributed by atoms with Gasteiger partial charge in [-0.05, 0) is 12.0 Å². The highest BCUT2D eigenvalue weighted by molar-refractivity contribution is 5.93. The summed E-state index contributed by atoms with van der Waals surface area (Å²) in [5.74, 6) is -1.12. The number of H-pyrrole nitrogens is 1. The quantitative estimate of drug-likeness (QED) is 0.524. The largest absolute Gasteiger partial charge is 0.480 e. The molecule has 0 saturated heterocycles. The molecule has 6 N–H and O–H groups in total. The number of nitrogens with two attached hydrogens (primary N) is 2. The molecule has 1 aromatic carbocycles. The number of aliphatic carboxylic acids is 1. The normalized spacial score (nSPS) is 13.5. The lowest BCUT2D eigenvalue weighted by atomic mass is 10.0. The molecule has 0 fully saturated rings. The van der Waals surface area contributed by atoms with Crippen LogP contribution >= 0.6 is 0 Å². The van der Waals surface area contributed by atoms with E-state index in [0.29, 0.717) is 12.1 Å². The Morgan fingerprint density at radius 3 is 2.52 bits per heavy atom. The van der Waals surface area contributed by atoms with Crippen LogP contribution in [-0.4, -0.2) is 38.9 Å². The summed E-state index contributed by atoms with van der Waals surface area (Å²) in [7, 11) is 0. The van der Waals surface area contributed by atoms with Gasteiger partial charge in [-0.15, -0.1) is 0 Å². The van der Waals surface area contributed by atoms with Crippen molar-refractivity contribution in [2.75, 3.05) is 0 Å². The zero-order valence-corrected chi connectivity index (χ0v) is 12.6. The minimum absolute atomic E-state index is 0.0890. The molecule has 0 aliphatic carbocycles. The van der Waals surface area contributed by atoms with Crippen LogP contribution in [0.15, 0.2) is 36.5 Å². The number of carbonyl (C=O) groups is 2. The first kappa shape index (κ1) is 16.9. The lowest BCUT2D eigenvalue weighted by Gasteiger charge is -2.09. The molecule has 0 spiro atoms. The summed E-state index contributed by atoms with van der Waals surface area (Å²) in [5, 5.41) is 8.78. The number of nitrogens with zero attached hydrogens (tertiary/aromatic N) is 1. The molecule has 122 valence electrons. The standard InChI is InChI=1S/C16H20N4O3/c17-11(6-10-4-2-1-3-5-10)7-14(21)15-19-9-12(20-15)8-13(18)16(22)23/h1-5,9,11,13H,6-8,17-18H2,(H,19,20)(H,22,23)/t11-,13-/m0/s1. The van der Waals surface area contributed by atoms with Gasteiger partial charge in [0.2, 0.25) is 0 Å². The summed E-state index contributed by atoms with van der Waals surface area (Å²) in [4.78, 5) is 29.7. The molecule has 0 saturated carbocycles. The molecular weight excluding hydrogens is 296 g/mol. The first-order valence-electron chi connectivity index (χ1n) is 7.30. The molecule has 1 aromatic heterocycles. The summed E-state index contributed by atoms with van der Waals surface area (Å²) >= 11 is 0. The van der Waals surface area contributed by atoms with E-state index in [1.807, 2.05) is 30.3 Å². The number of rotatable bonds is 8. The van der Waals surface area contributed by atoms with E-state index >= 15 is 0 Å². The molecule has 0 unspecified atom stereocenters. The molecule has 23 heavy (non-hydrogen) atoms. The SMILES string of the molecule is N[C@H](CC(=O)c1ncc(C[C@H](N)C(=O)O)[nH]1)Cc1ccccc1. The van der Waals surface area contributed by atoms with Crippen molar-refractivity contribution >= 4 is 11.8 Å². The second kappa shape index (κ2) is 7.66. The molecule has 2 aromatic rings. The lowest BCUT2D eigenvalue weighted by molar-refractivity contribution is -0.138. The van der Waals surface area contributed by atoms with Crippen LogP contribution in [0.25, 0.3) is 0 Å². The van der Waals surface area contributed by atoms with Crippen LogP contribution < -0.4 is 11.5 Å². The molecule has 0 bridgehead atoms. The Balaban J connectivity index is 1.90.